The summed E-state index contributed by atoms with van der Waals surface area (Å²) in [6, 6.07) is 5.89. The van der Waals surface area contributed by atoms with Gasteiger partial charge in [-0.05, 0) is 44.8 Å². The molecule has 0 radical (unpaired) electrons. The maximum atomic E-state index is 13.1. The van der Waals surface area contributed by atoms with Crippen molar-refractivity contribution in [3.63, 3.8) is 0 Å². The number of aromatic nitrogens is 3. The summed E-state index contributed by atoms with van der Waals surface area (Å²) < 4.78 is 6.98. The summed E-state index contributed by atoms with van der Waals surface area (Å²) in [4.78, 5) is 10.5. The van der Waals surface area contributed by atoms with Crippen LogP contribution in [0.1, 0.15) is 50.9 Å². The minimum absolute atomic E-state index is 0. The molecule has 2 aromatic rings. The van der Waals surface area contributed by atoms with Gasteiger partial charge in [0.2, 0.25) is 0 Å². The number of nitro groups is 1. The van der Waals surface area contributed by atoms with Gasteiger partial charge in [-0.25, -0.2) is 4.73 Å². The molecule has 0 amide bonds. The van der Waals surface area contributed by atoms with Crippen LogP contribution in [0.5, 0.6) is 0 Å². The Morgan fingerprint density at radius 3 is 2.69 bits per heavy atom. The van der Waals surface area contributed by atoms with E-state index in [9.17, 15) is 15.3 Å². The van der Waals surface area contributed by atoms with Crippen molar-refractivity contribution in [1.82, 2.24) is 10.2 Å². The molecule has 2 bridgehead atoms. The van der Waals surface area contributed by atoms with E-state index in [0.717, 1.165) is 17.6 Å². The standard InChI is InChI=1S/C17H18N4O4.H2O/c1-16(2)12-7-8-17(3,25-16)14-13(12)20(22)15(19-18-14)10-5-4-6-11(9-10)21(23)24;/h4-6,9,12H,7-8H2,1-3H3;1H2. The molecule has 2 N–H and O–H groups in total. The molecule has 26 heavy (non-hydrogen) atoms. The maximum Gasteiger partial charge on any atom is 0.361 e. The minimum atomic E-state index is -0.631. The molecule has 1 aromatic heterocycles. The third-order valence-electron chi connectivity index (χ3n) is 5.28. The lowest BCUT2D eigenvalue weighted by atomic mass is 9.69. The molecule has 3 heterocycles. The van der Waals surface area contributed by atoms with Gasteiger partial charge in [0.05, 0.1) is 27.1 Å². The lowest BCUT2D eigenvalue weighted by molar-refractivity contribution is -0.613. The fourth-order valence-corrected chi connectivity index (χ4v) is 4.12. The Labute approximate surface area is 149 Å². The predicted octanol–water partition coefficient (Wildman–Crippen LogP) is 1.76. The molecule has 9 nitrogen and oxygen atoms in total. The average Bonchev–Trinajstić information content (AvgIpc) is 2.54. The number of benzene rings is 1. The number of non-ortho nitro benzene ring substituents is 1. The van der Waals surface area contributed by atoms with Crippen molar-refractivity contribution in [3.8, 4) is 11.4 Å². The second-order valence-corrected chi connectivity index (χ2v) is 7.39. The third kappa shape index (κ3) is 2.43. The van der Waals surface area contributed by atoms with E-state index >= 15 is 0 Å². The number of rotatable bonds is 2. The molecule has 5 rings (SSSR count). The van der Waals surface area contributed by atoms with Gasteiger partial charge in [0, 0.05) is 12.1 Å². The molecule has 1 aromatic carbocycles. The van der Waals surface area contributed by atoms with E-state index in [4.69, 9.17) is 4.74 Å². The van der Waals surface area contributed by atoms with Crippen molar-refractivity contribution in [1.29, 1.82) is 0 Å². The van der Waals surface area contributed by atoms with Crippen molar-refractivity contribution in [3.05, 3.63) is 51.0 Å². The number of nitro benzene ring substituents is 1. The van der Waals surface area contributed by atoms with Crippen LogP contribution in [0.3, 0.4) is 0 Å². The Kier molecular flexibility index (Phi) is 3.97. The molecular weight excluding hydrogens is 340 g/mol. The molecule has 3 aliphatic rings. The predicted molar refractivity (Wildman–Crippen MR) is 91.2 cm³/mol. The largest absolute Gasteiger partial charge is 0.710 e. The molecule has 0 spiro atoms. The molecular formula is C17H20N4O5. The number of hydrogen-bond acceptors (Lipinski definition) is 6. The first kappa shape index (κ1) is 18.2. The molecule has 9 heteroatoms. The highest BCUT2D eigenvalue weighted by atomic mass is 16.6. The highest BCUT2D eigenvalue weighted by molar-refractivity contribution is 5.56. The van der Waals surface area contributed by atoms with Crippen molar-refractivity contribution >= 4 is 5.69 Å². The molecule has 1 aliphatic carbocycles. The van der Waals surface area contributed by atoms with Crippen LogP contribution in [0.25, 0.3) is 11.4 Å². The van der Waals surface area contributed by atoms with Crippen LogP contribution in [-0.2, 0) is 10.3 Å². The van der Waals surface area contributed by atoms with E-state index in [-0.39, 0.29) is 22.9 Å². The van der Waals surface area contributed by atoms with Gasteiger partial charge in [0.25, 0.3) is 5.69 Å². The molecule has 2 unspecified atom stereocenters. The van der Waals surface area contributed by atoms with Crippen LogP contribution in [0.15, 0.2) is 24.3 Å². The van der Waals surface area contributed by atoms with E-state index in [1.165, 1.54) is 18.2 Å². The molecule has 0 saturated carbocycles. The lowest BCUT2D eigenvalue weighted by Crippen LogP contribution is -2.58. The van der Waals surface area contributed by atoms with Gasteiger partial charge in [0.15, 0.2) is 5.69 Å². The van der Waals surface area contributed by atoms with Crippen LogP contribution >= 0.6 is 0 Å². The molecule has 138 valence electrons. The van der Waals surface area contributed by atoms with Gasteiger partial charge in [-0.3, -0.25) is 10.1 Å². The summed E-state index contributed by atoms with van der Waals surface area (Å²) in [5.41, 5.74) is 0.330. The SMILES string of the molecule is CC12CCC(c3c1nnc(-c1cccc([N+](=O)[O-])c1)[n+]3[O-])C(C)(C)O2.O. The van der Waals surface area contributed by atoms with E-state index in [2.05, 4.69) is 10.2 Å². The first-order valence-electron chi connectivity index (χ1n) is 8.18. The number of hydrogen-bond donors (Lipinski definition) is 0. The van der Waals surface area contributed by atoms with Crippen LogP contribution in [0, 0.1) is 15.3 Å². The Bertz CT molecular complexity index is 901. The summed E-state index contributed by atoms with van der Waals surface area (Å²) >= 11 is 0. The lowest BCUT2D eigenvalue weighted by Gasteiger charge is -2.52. The Balaban J connectivity index is 0.00000196. The second kappa shape index (κ2) is 5.68. The number of ether oxygens (including phenoxy) is 1. The zero-order chi connectivity index (χ0) is 18.0. The first-order chi connectivity index (χ1) is 11.7. The van der Waals surface area contributed by atoms with Gasteiger partial charge < -0.3 is 15.4 Å². The van der Waals surface area contributed by atoms with Gasteiger partial charge in [-0.1, -0.05) is 6.07 Å². The van der Waals surface area contributed by atoms with Crippen LogP contribution in [0.2, 0.25) is 0 Å². The third-order valence-corrected chi connectivity index (χ3v) is 5.28. The number of fused-ring (bicyclic) bond motifs is 2. The van der Waals surface area contributed by atoms with Crippen LogP contribution < -0.4 is 4.73 Å². The van der Waals surface area contributed by atoms with Crippen molar-refractivity contribution in [2.45, 2.75) is 50.7 Å². The first-order valence-corrected chi connectivity index (χ1v) is 8.18. The normalized spacial score (nSPS) is 25.3. The molecule has 1 fully saturated rings. The summed E-state index contributed by atoms with van der Waals surface area (Å²) in [7, 11) is 0. The fourth-order valence-electron chi connectivity index (χ4n) is 4.12. The molecule has 1 saturated heterocycles. The summed E-state index contributed by atoms with van der Waals surface area (Å²) in [6.45, 7) is 5.89. The molecule has 2 atom stereocenters. The smallest absolute Gasteiger partial charge is 0.361 e. The van der Waals surface area contributed by atoms with E-state index in [1.54, 1.807) is 6.07 Å². The Morgan fingerprint density at radius 2 is 2.04 bits per heavy atom. The van der Waals surface area contributed by atoms with Crippen LogP contribution in [-0.4, -0.2) is 26.2 Å². The summed E-state index contributed by atoms with van der Waals surface area (Å²) in [6.07, 6.45) is 1.62. The van der Waals surface area contributed by atoms with Crippen molar-refractivity contribution < 1.29 is 19.9 Å². The zero-order valence-corrected chi connectivity index (χ0v) is 14.7. The zero-order valence-electron chi connectivity index (χ0n) is 14.7. The van der Waals surface area contributed by atoms with Gasteiger partial charge in [-0.2, -0.15) is 0 Å². The van der Waals surface area contributed by atoms with Crippen molar-refractivity contribution in [2.24, 2.45) is 0 Å². The number of nitrogens with zero attached hydrogens (tertiary/aromatic N) is 4. The van der Waals surface area contributed by atoms with Crippen LogP contribution in [0.4, 0.5) is 5.69 Å². The maximum absolute atomic E-state index is 13.1. The van der Waals surface area contributed by atoms with E-state index < -0.39 is 16.1 Å². The quantitative estimate of drug-likeness (QED) is 0.346. The Hall–Kier alpha value is -2.65. The van der Waals surface area contributed by atoms with E-state index in [0.29, 0.717) is 17.0 Å². The van der Waals surface area contributed by atoms with Gasteiger partial charge in [0.1, 0.15) is 11.3 Å². The summed E-state index contributed by atoms with van der Waals surface area (Å²) in [5.74, 6) is -0.0100. The fraction of sp³-hybridized carbons (Fsp3) is 0.471. The average molecular weight is 360 g/mol. The second-order valence-electron chi connectivity index (χ2n) is 7.39. The highest BCUT2D eigenvalue weighted by Crippen LogP contribution is 2.54. The molecule has 2 aliphatic heterocycles. The topological polar surface area (TPSA) is 137 Å². The summed E-state index contributed by atoms with van der Waals surface area (Å²) in [5, 5.41) is 32.5. The van der Waals surface area contributed by atoms with E-state index in [1.807, 2.05) is 20.8 Å². The Morgan fingerprint density at radius 1 is 1.31 bits per heavy atom. The van der Waals surface area contributed by atoms with Gasteiger partial charge in [-0.15, -0.1) is 0 Å². The highest BCUT2D eigenvalue weighted by Gasteiger charge is 2.56. The van der Waals surface area contributed by atoms with Gasteiger partial charge >= 0.3 is 5.82 Å². The monoisotopic (exact) mass is 360 g/mol. The van der Waals surface area contributed by atoms with Crippen molar-refractivity contribution in [2.75, 3.05) is 0 Å². The minimum Gasteiger partial charge on any atom is -0.710 e.